The van der Waals surface area contributed by atoms with Gasteiger partial charge < -0.3 is 27.4 Å². The Morgan fingerprint density at radius 2 is 1.64 bits per heavy atom. The van der Waals surface area contributed by atoms with Gasteiger partial charge in [0.05, 0.1) is 6.04 Å². The molecule has 0 radical (unpaired) electrons. The van der Waals surface area contributed by atoms with Crippen LogP contribution in [0.2, 0.25) is 0 Å². The summed E-state index contributed by atoms with van der Waals surface area (Å²) >= 11 is 0. The predicted octanol–water partition coefficient (Wildman–Crippen LogP) is 1.35. The third-order valence-corrected chi connectivity index (χ3v) is 4.70. The molecule has 0 saturated carbocycles. The van der Waals surface area contributed by atoms with Crippen molar-refractivity contribution in [3.8, 4) is 0 Å². The Bertz CT molecular complexity index is 660. The van der Waals surface area contributed by atoms with Gasteiger partial charge in [-0.2, -0.15) is 0 Å². The van der Waals surface area contributed by atoms with Crippen LogP contribution in [0.4, 0.5) is 10.5 Å². The van der Waals surface area contributed by atoms with E-state index in [1.807, 2.05) is 45.0 Å². The van der Waals surface area contributed by atoms with Crippen LogP contribution >= 0.6 is 0 Å². The van der Waals surface area contributed by atoms with Crippen LogP contribution in [0.15, 0.2) is 24.3 Å². The van der Waals surface area contributed by atoms with Crippen LogP contribution in [0.25, 0.3) is 0 Å². The standard InChI is InChI=1S/C20H33N5O3/c1-5-14-6-8-15(9-7-14)24-19(27)17(13(4)10-11-23-20(22)28)25-18(26)16(21)12(2)3/h6-9,12-13,16-17H,5,10-11,21H2,1-4H3,(H,24,27)(H,25,26)(H3,22,23,28). The summed E-state index contributed by atoms with van der Waals surface area (Å²) in [6.07, 6.45) is 1.37. The van der Waals surface area contributed by atoms with Crippen LogP contribution in [-0.2, 0) is 16.0 Å². The summed E-state index contributed by atoms with van der Waals surface area (Å²) in [4.78, 5) is 36.1. The highest BCUT2D eigenvalue weighted by Crippen LogP contribution is 2.14. The van der Waals surface area contributed by atoms with E-state index in [0.717, 1.165) is 12.0 Å². The molecule has 0 fully saturated rings. The van der Waals surface area contributed by atoms with E-state index in [1.165, 1.54) is 0 Å². The second-order valence-electron chi connectivity index (χ2n) is 7.35. The molecular weight excluding hydrogens is 358 g/mol. The zero-order chi connectivity index (χ0) is 21.3. The first kappa shape index (κ1) is 23.4. The number of rotatable bonds is 10. The molecule has 0 spiro atoms. The molecule has 1 aromatic carbocycles. The van der Waals surface area contributed by atoms with Crippen LogP contribution < -0.4 is 27.4 Å². The topological polar surface area (TPSA) is 139 Å². The Kier molecular flexibility index (Phi) is 9.44. The monoisotopic (exact) mass is 391 g/mol. The lowest BCUT2D eigenvalue weighted by atomic mass is 9.95. The van der Waals surface area contributed by atoms with Crippen LogP contribution in [0.5, 0.6) is 0 Å². The fourth-order valence-corrected chi connectivity index (χ4v) is 2.65. The van der Waals surface area contributed by atoms with Crippen LogP contribution in [-0.4, -0.2) is 36.5 Å². The average molecular weight is 392 g/mol. The molecule has 0 aromatic heterocycles. The first-order chi connectivity index (χ1) is 13.1. The van der Waals surface area contributed by atoms with Crippen molar-refractivity contribution in [2.75, 3.05) is 11.9 Å². The van der Waals surface area contributed by atoms with E-state index in [-0.39, 0.29) is 23.7 Å². The smallest absolute Gasteiger partial charge is 0.312 e. The molecule has 0 aliphatic rings. The van der Waals surface area contributed by atoms with Crippen LogP contribution in [0.3, 0.4) is 0 Å². The summed E-state index contributed by atoms with van der Waals surface area (Å²) in [6, 6.07) is 5.41. The first-order valence-corrected chi connectivity index (χ1v) is 9.64. The lowest BCUT2D eigenvalue weighted by molar-refractivity contribution is -0.129. The Morgan fingerprint density at radius 3 is 2.14 bits per heavy atom. The third-order valence-electron chi connectivity index (χ3n) is 4.70. The van der Waals surface area contributed by atoms with Crippen molar-refractivity contribution in [2.24, 2.45) is 23.3 Å². The van der Waals surface area contributed by atoms with E-state index in [0.29, 0.717) is 18.7 Å². The number of hydrogen-bond donors (Lipinski definition) is 5. The minimum Gasteiger partial charge on any atom is -0.352 e. The van der Waals surface area contributed by atoms with Gasteiger partial charge in [-0.25, -0.2) is 4.79 Å². The van der Waals surface area contributed by atoms with Crippen molar-refractivity contribution in [3.05, 3.63) is 29.8 Å². The molecule has 7 N–H and O–H groups in total. The Balaban J connectivity index is 2.88. The quantitative estimate of drug-likeness (QED) is 0.411. The molecule has 0 saturated heterocycles. The molecule has 156 valence electrons. The molecule has 0 aliphatic carbocycles. The lowest BCUT2D eigenvalue weighted by Crippen LogP contribution is -2.54. The molecule has 4 amide bonds. The van der Waals surface area contributed by atoms with E-state index in [4.69, 9.17) is 11.5 Å². The lowest BCUT2D eigenvalue weighted by Gasteiger charge is -2.26. The molecule has 3 unspecified atom stereocenters. The number of nitrogens with one attached hydrogen (secondary N) is 3. The normalized spacial score (nSPS) is 14.1. The average Bonchev–Trinajstić information content (AvgIpc) is 2.65. The largest absolute Gasteiger partial charge is 0.352 e. The van der Waals surface area contributed by atoms with Gasteiger partial charge >= 0.3 is 6.03 Å². The van der Waals surface area contributed by atoms with Gasteiger partial charge in [-0.1, -0.05) is 39.8 Å². The number of benzene rings is 1. The molecule has 1 aromatic rings. The minimum absolute atomic E-state index is 0.0582. The van der Waals surface area contributed by atoms with Crippen molar-refractivity contribution in [2.45, 2.75) is 52.6 Å². The molecule has 0 bridgehead atoms. The van der Waals surface area contributed by atoms with Gasteiger partial charge in [0.25, 0.3) is 0 Å². The summed E-state index contributed by atoms with van der Waals surface area (Å²) in [5, 5.41) is 8.10. The molecule has 0 heterocycles. The summed E-state index contributed by atoms with van der Waals surface area (Å²) in [7, 11) is 0. The summed E-state index contributed by atoms with van der Waals surface area (Å²) in [6.45, 7) is 7.87. The molecule has 1 rings (SSSR count). The second-order valence-corrected chi connectivity index (χ2v) is 7.35. The highest BCUT2D eigenvalue weighted by Gasteiger charge is 2.29. The SMILES string of the molecule is CCc1ccc(NC(=O)C(NC(=O)C(N)C(C)C)C(C)CCNC(N)=O)cc1. The van der Waals surface area contributed by atoms with Crippen molar-refractivity contribution >= 4 is 23.5 Å². The zero-order valence-corrected chi connectivity index (χ0v) is 17.1. The maximum Gasteiger partial charge on any atom is 0.312 e. The van der Waals surface area contributed by atoms with Crippen LogP contribution in [0.1, 0.15) is 39.7 Å². The summed E-state index contributed by atoms with van der Waals surface area (Å²) in [5.74, 6) is -1.02. The number of anilines is 1. The fourth-order valence-electron chi connectivity index (χ4n) is 2.65. The number of hydrogen-bond acceptors (Lipinski definition) is 4. The van der Waals surface area contributed by atoms with Gasteiger partial charge in [0, 0.05) is 12.2 Å². The van der Waals surface area contributed by atoms with E-state index in [2.05, 4.69) is 22.9 Å². The van der Waals surface area contributed by atoms with Crippen molar-refractivity contribution in [1.82, 2.24) is 10.6 Å². The van der Waals surface area contributed by atoms with Gasteiger partial charge in [-0.3, -0.25) is 9.59 Å². The Hall–Kier alpha value is -2.61. The number of urea groups is 1. The van der Waals surface area contributed by atoms with Crippen LogP contribution in [0, 0.1) is 11.8 Å². The van der Waals surface area contributed by atoms with E-state index < -0.39 is 18.1 Å². The Labute approximate surface area is 166 Å². The van der Waals surface area contributed by atoms with Gasteiger partial charge in [0.2, 0.25) is 11.8 Å². The minimum atomic E-state index is -0.794. The fraction of sp³-hybridized carbons (Fsp3) is 0.550. The summed E-state index contributed by atoms with van der Waals surface area (Å²) < 4.78 is 0. The summed E-state index contributed by atoms with van der Waals surface area (Å²) in [5.41, 5.74) is 12.8. The van der Waals surface area contributed by atoms with Crippen molar-refractivity contribution in [3.63, 3.8) is 0 Å². The zero-order valence-electron chi connectivity index (χ0n) is 17.1. The van der Waals surface area contributed by atoms with E-state index >= 15 is 0 Å². The van der Waals surface area contributed by atoms with Crippen molar-refractivity contribution < 1.29 is 14.4 Å². The Morgan fingerprint density at radius 1 is 1.04 bits per heavy atom. The molecule has 8 nitrogen and oxygen atoms in total. The second kappa shape index (κ2) is 11.3. The number of primary amides is 1. The van der Waals surface area contributed by atoms with Crippen molar-refractivity contribution in [1.29, 1.82) is 0 Å². The number of carbonyl (C=O) groups is 3. The number of carbonyl (C=O) groups excluding carboxylic acids is 3. The molecule has 8 heteroatoms. The van der Waals surface area contributed by atoms with Gasteiger partial charge in [0.15, 0.2) is 0 Å². The van der Waals surface area contributed by atoms with Gasteiger partial charge in [0.1, 0.15) is 6.04 Å². The molecule has 3 atom stereocenters. The number of aryl methyl sites for hydroxylation is 1. The predicted molar refractivity (Wildman–Crippen MR) is 111 cm³/mol. The van der Waals surface area contributed by atoms with Gasteiger partial charge in [-0.15, -0.1) is 0 Å². The maximum absolute atomic E-state index is 12.9. The number of nitrogens with two attached hydrogens (primary N) is 2. The molecule has 28 heavy (non-hydrogen) atoms. The van der Waals surface area contributed by atoms with Gasteiger partial charge in [-0.05, 0) is 42.4 Å². The highest BCUT2D eigenvalue weighted by atomic mass is 16.2. The number of amides is 4. The first-order valence-electron chi connectivity index (χ1n) is 9.64. The highest BCUT2D eigenvalue weighted by molar-refractivity contribution is 5.98. The van der Waals surface area contributed by atoms with E-state index in [9.17, 15) is 14.4 Å². The third kappa shape index (κ3) is 7.56. The maximum atomic E-state index is 12.9. The molecular formula is C20H33N5O3. The molecule has 0 aliphatic heterocycles. The van der Waals surface area contributed by atoms with E-state index in [1.54, 1.807) is 0 Å².